The van der Waals surface area contributed by atoms with Crippen molar-refractivity contribution in [2.24, 2.45) is 5.73 Å². The van der Waals surface area contributed by atoms with Crippen LogP contribution in [0.1, 0.15) is 13.3 Å². The van der Waals surface area contributed by atoms with E-state index in [0.29, 0.717) is 6.54 Å². The zero-order valence-corrected chi connectivity index (χ0v) is 7.45. The lowest BCUT2D eigenvalue weighted by Gasteiger charge is -2.23. The highest BCUT2D eigenvalue weighted by Gasteiger charge is 2.29. The van der Waals surface area contributed by atoms with E-state index < -0.39 is 12.0 Å². The first-order chi connectivity index (χ1) is 6.02. The first-order valence-corrected chi connectivity index (χ1v) is 4.07. The summed E-state index contributed by atoms with van der Waals surface area (Å²) in [4.78, 5) is 0. The molecule has 5 heteroatoms. The largest absolute Gasteiger partial charge is 0.321 e. The Morgan fingerprint density at radius 1 is 1.62 bits per heavy atom. The van der Waals surface area contributed by atoms with Crippen LogP contribution in [-0.4, -0.2) is 21.7 Å². The molecular weight excluding hydrogens is 176 g/mol. The number of alkyl halides is 2. The molecule has 1 unspecified atom stereocenters. The van der Waals surface area contributed by atoms with Crippen LogP contribution in [0, 0.1) is 0 Å². The van der Waals surface area contributed by atoms with Crippen molar-refractivity contribution in [3.05, 3.63) is 18.5 Å². The maximum Gasteiger partial charge on any atom is 0.256 e. The molecule has 0 aliphatic rings. The maximum absolute atomic E-state index is 12.3. The minimum atomic E-state index is -2.50. The minimum Gasteiger partial charge on any atom is -0.321 e. The van der Waals surface area contributed by atoms with E-state index in [4.69, 9.17) is 5.73 Å². The molecule has 74 valence electrons. The van der Waals surface area contributed by atoms with Gasteiger partial charge in [-0.1, -0.05) is 0 Å². The van der Waals surface area contributed by atoms with E-state index in [9.17, 15) is 8.78 Å². The molecule has 0 aliphatic heterocycles. The van der Waals surface area contributed by atoms with Crippen LogP contribution in [0.25, 0.3) is 0 Å². The van der Waals surface area contributed by atoms with Crippen molar-refractivity contribution >= 4 is 0 Å². The molecule has 1 rings (SSSR count). The van der Waals surface area contributed by atoms with Crippen LogP contribution in [0.15, 0.2) is 18.5 Å². The number of aryl methyl sites for hydroxylation is 1. The van der Waals surface area contributed by atoms with Crippen LogP contribution in [0.2, 0.25) is 0 Å². The van der Waals surface area contributed by atoms with E-state index in [1.54, 1.807) is 23.1 Å². The van der Waals surface area contributed by atoms with Gasteiger partial charge >= 0.3 is 0 Å². The van der Waals surface area contributed by atoms with Crippen molar-refractivity contribution in [2.75, 3.05) is 0 Å². The van der Waals surface area contributed by atoms with Gasteiger partial charge in [-0.3, -0.25) is 4.68 Å². The zero-order chi connectivity index (χ0) is 9.90. The molecule has 0 spiro atoms. The Kier molecular flexibility index (Phi) is 2.98. The molecule has 0 aliphatic carbocycles. The molecule has 0 saturated carbocycles. The van der Waals surface area contributed by atoms with Crippen molar-refractivity contribution in [1.29, 1.82) is 0 Å². The van der Waals surface area contributed by atoms with E-state index in [0.717, 1.165) is 0 Å². The van der Waals surface area contributed by atoms with Crippen LogP contribution in [0.5, 0.6) is 0 Å². The number of nitrogens with two attached hydrogens (primary N) is 1. The summed E-state index contributed by atoms with van der Waals surface area (Å²) in [5.41, 5.74) is 3.96. The topological polar surface area (TPSA) is 43.8 Å². The summed E-state index contributed by atoms with van der Waals surface area (Å²) in [5, 5.41) is 3.89. The number of nitrogens with zero attached hydrogens (tertiary/aromatic N) is 2. The van der Waals surface area contributed by atoms with Gasteiger partial charge < -0.3 is 5.73 Å². The molecule has 1 aromatic heterocycles. The molecular formula is C8H13F2N3. The van der Waals surface area contributed by atoms with Crippen LogP contribution in [-0.2, 0) is 6.54 Å². The van der Waals surface area contributed by atoms with Crippen molar-refractivity contribution in [1.82, 2.24) is 9.78 Å². The quantitative estimate of drug-likeness (QED) is 0.774. The molecule has 2 N–H and O–H groups in total. The zero-order valence-electron chi connectivity index (χ0n) is 7.45. The monoisotopic (exact) mass is 189 g/mol. The van der Waals surface area contributed by atoms with Crippen molar-refractivity contribution in [2.45, 2.75) is 31.9 Å². The summed E-state index contributed by atoms with van der Waals surface area (Å²) in [6.07, 6.45) is 1.05. The number of rotatable bonds is 4. The smallest absolute Gasteiger partial charge is 0.256 e. The standard InChI is InChI=1S/C8H13F2N3/c1-8(11,7(9)10)3-6-13-5-2-4-12-13/h2,4-5,7H,3,6,11H2,1H3. The van der Waals surface area contributed by atoms with Crippen LogP contribution in [0.4, 0.5) is 8.78 Å². The second-order valence-corrected chi connectivity index (χ2v) is 3.33. The van der Waals surface area contributed by atoms with Gasteiger partial charge in [0.25, 0.3) is 6.43 Å². The fraction of sp³-hybridized carbons (Fsp3) is 0.625. The summed E-state index contributed by atoms with van der Waals surface area (Å²) in [6, 6.07) is 1.75. The van der Waals surface area contributed by atoms with E-state index >= 15 is 0 Å². The lowest BCUT2D eigenvalue weighted by molar-refractivity contribution is 0.0559. The van der Waals surface area contributed by atoms with Gasteiger partial charge in [-0.15, -0.1) is 0 Å². The minimum absolute atomic E-state index is 0.215. The average molecular weight is 189 g/mol. The molecule has 1 heterocycles. The molecule has 1 atom stereocenters. The van der Waals surface area contributed by atoms with Crippen LogP contribution >= 0.6 is 0 Å². The molecule has 0 saturated heterocycles. The lowest BCUT2D eigenvalue weighted by Crippen LogP contribution is -2.44. The number of halogens is 2. The van der Waals surface area contributed by atoms with Crippen molar-refractivity contribution < 1.29 is 8.78 Å². The average Bonchev–Trinajstić information content (AvgIpc) is 2.52. The Morgan fingerprint density at radius 3 is 2.77 bits per heavy atom. The van der Waals surface area contributed by atoms with E-state index in [-0.39, 0.29) is 6.42 Å². The second-order valence-electron chi connectivity index (χ2n) is 3.33. The number of hydrogen-bond acceptors (Lipinski definition) is 2. The first kappa shape index (κ1) is 10.1. The molecule has 0 amide bonds. The second kappa shape index (κ2) is 3.83. The lowest BCUT2D eigenvalue weighted by atomic mass is 10.0. The van der Waals surface area contributed by atoms with Gasteiger partial charge in [0.1, 0.15) is 0 Å². The summed E-state index contributed by atoms with van der Waals surface area (Å²) < 4.78 is 26.2. The molecule has 0 bridgehead atoms. The summed E-state index contributed by atoms with van der Waals surface area (Å²) in [7, 11) is 0. The third kappa shape index (κ3) is 2.77. The summed E-state index contributed by atoms with van der Waals surface area (Å²) in [5.74, 6) is 0. The van der Waals surface area contributed by atoms with Gasteiger partial charge in [0.15, 0.2) is 0 Å². The van der Waals surface area contributed by atoms with Gasteiger partial charge in [-0.2, -0.15) is 5.10 Å². The molecule has 3 nitrogen and oxygen atoms in total. The van der Waals surface area contributed by atoms with Gasteiger partial charge in [0.2, 0.25) is 0 Å². The molecule has 0 aromatic carbocycles. The Bertz CT molecular complexity index is 244. The fourth-order valence-electron chi connectivity index (χ4n) is 0.897. The maximum atomic E-state index is 12.3. The molecule has 0 radical (unpaired) electrons. The highest BCUT2D eigenvalue weighted by atomic mass is 19.3. The van der Waals surface area contributed by atoms with Crippen molar-refractivity contribution in [3.63, 3.8) is 0 Å². The summed E-state index contributed by atoms with van der Waals surface area (Å²) >= 11 is 0. The highest BCUT2D eigenvalue weighted by Crippen LogP contribution is 2.16. The predicted octanol–water partition coefficient (Wildman–Crippen LogP) is 1.26. The number of aromatic nitrogens is 2. The Labute approximate surface area is 75.5 Å². The van der Waals surface area contributed by atoms with Gasteiger partial charge in [0, 0.05) is 18.9 Å². The predicted molar refractivity (Wildman–Crippen MR) is 45.4 cm³/mol. The molecule has 13 heavy (non-hydrogen) atoms. The third-order valence-corrected chi connectivity index (χ3v) is 1.94. The first-order valence-electron chi connectivity index (χ1n) is 4.07. The Hall–Kier alpha value is -0.970. The van der Waals surface area contributed by atoms with Crippen LogP contribution < -0.4 is 5.73 Å². The van der Waals surface area contributed by atoms with E-state index in [1.807, 2.05) is 0 Å². The third-order valence-electron chi connectivity index (χ3n) is 1.94. The molecule has 0 fully saturated rings. The fourth-order valence-corrected chi connectivity index (χ4v) is 0.897. The van der Waals surface area contributed by atoms with E-state index in [1.165, 1.54) is 6.92 Å². The van der Waals surface area contributed by atoms with Gasteiger partial charge in [-0.05, 0) is 19.4 Å². The summed E-state index contributed by atoms with van der Waals surface area (Å²) in [6.45, 7) is 1.77. The van der Waals surface area contributed by atoms with Crippen LogP contribution in [0.3, 0.4) is 0 Å². The highest BCUT2D eigenvalue weighted by molar-refractivity contribution is 4.83. The Balaban J connectivity index is 2.42. The van der Waals surface area contributed by atoms with E-state index in [2.05, 4.69) is 5.10 Å². The Morgan fingerprint density at radius 2 is 2.31 bits per heavy atom. The normalized spacial score (nSPS) is 16.1. The SMILES string of the molecule is CC(N)(CCn1cccn1)C(F)F. The van der Waals surface area contributed by atoms with Gasteiger partial charge in [0.05, 0.1) is 5.54 Å². The van der Waals surface area contributed by atoms with Crippen molar-refractivity contribution in [3.8, 4) is 0 Å². The van der Waals surface area contributed by atoms with Gasteiger partial charge in [-0.25, -0.2) is 8.78 Å². The number of hydrogen-bond donors (Lipinski definition) is 1. The molecule has 1 aromatic rings.